The fourth-order valence-electron chi connectivity index (χ4n) is 2.61. The van der Waals surface area contributed by atoms with E-state index in [4.69, 9.17) is 20.4 Å². The maximum atomic E-state index is 12.5. The van der Waals surface area contributed by atoms with Gasteiger partial charge in [0.25, 0.3) is 0 Å². The molecule has 0 fully saturated rings. The monoisotopic (exact) mass is 662 g/mol. The molecule has 0 saturated carbocycles. The second kappa shape index (κ2) is 15.7. The zero-order valence-electron chi connectivity index (χ0n) is 21.6. The molecule has 0 spiro atoms. The highest BCUT2D eigenvalue weighted by molar-refractivity contribution is 9.10. The first kappa shape index (κ1) is 34.2. The lowest BCUT2D eigenvalue weighted by Crippen LogP contribution is -2.27. The zero-order valence-corrected chi connectivity index (χ0v) is 26.4. The summed E-state index contributed by atoms with van der Waals surface area (Å²) in [5, 5.41) is 19.3. The summed E-state index contributed by atoms with van der Waals surface area (Å²) in [4.78, 5) is 14.1. The summed E-state index contributed by atoms with van der Waals surface area (Å²) in [6, 6.07) is 14.8. The first-order valence-corrected chi connectivity index (χ1v) is 16.5. The lowest BCUT2D eigenvalue weighted by atomic mass is 10.1. The number of thioether (sulfide) groups is 1. The van der Waals surface area contributed by atoms with E-state index in [1.165, 1.54) is 41.8 Å². The number of halogens is 1. The van der Waals surface area contributed by atoms with Crippen LogP contribution in [0.5, 0.6) is 0 Å². The Balaban J connectivity index is 0.000000357. The molecule has 1 aromatic heterocycles. The van der Waals surface area contributed by atoms with Gasteiger partial charge in [0.15, 0.2) is 0 Å². The Labute approximate surface area is 243 Å². The van der Waals surface area contributed by atoms with E-state index in [1.807, 2.05) is 43.5 Å². The van der Waals surface area contributed by atoms with Crippen LogP contribution in [0.4, 0.5) is 0 Å². The number of carbonyl (C=O) groups excluding carboxylic acids is 1. The molecule has 1 heterocycles. The third-order valence-electron chi connectivity index (χ3n) is 4.84. The number of rotatable bonds is 8. The second-order valence-electron chi connectivity index (χ2n) is 7.95. The molecule has 0 aliphatic rings. The van der Waals surface area contributed by atoms with Crippen LogP contribution in [0.25, 0.3) is 0 Å². The fourth-order valence-corrected chi connectivity index (χ4v) is 7.19. The SMILES string of the molecule is CCC(C)(C)OC(=O)c1cccc(S(N)(=O)=O)c1.CO.CSc1sc(C=N)cc1S(=O)c1cccc(Br)c1. The van der Waals surface area contributed by atoms with Crippen LogP contribution in [0.15, 0.2) is 78.0 Å². The molecule has 3 rings (SSSR count). The highest BCUT2D eigenvalue weighted by atomic mass is 79.9. The van der Waals surface area contributed by atoms with Crippen molar-refractivity contribution in [1.29, 1.82) is 5.41 Å². The van der Waals surface area contributed by atoms with Gasteiger partial charge in [-0.1, -0.05) is 35.0 Å². The van der Waals surface area contributed by atoms with E-state index in [0.29, 0.717) is 6.42 Å². The summed E-state index contributed by atoms with van der Waals surface area (Å²) in [6.07, 6.45) is 3.92. The molecular formula is C25H31BrN2O6S4. The summed E-state index contributed by atoms with van der Waals surface area (Å²) in [5.41, 5.74) is -0.419. The number of primary sulfonamides is 1. The van der Waals surface area contributed by atoms with Gasteiger partial charge in [-0.3, -0.25) is 0 Å². The first-order valence-electron chi connectivity index (χ1n) is 11.0. The maximum Gasteiger partial charge on any atom is 0.338 e. The molecular weight excluding hydrogens is 632 g/mol. The van der Waals surface area contributed by atoms with Crippen LogP contribution < -0.4 is 5.14 Å². The van der Waals surface area contributed by atoms with E-state index in [0.717, 1.165) is 30.5 Å². The summed E-state index contributed by atoms with van der Waals surface area (Å²) in [6.45, 7) is 5.47. The van der Waals surface area contributed by atoms with E-state index >= 15 is 0 Å². The Bertz CT molecular complexity index is 1370. The van der Waals surface area contributed by atoms with E-state index in [9.17, 15) is 17.4 Å². The number of hydrogen-bond donors (Lipinski definition) is 3. The van der Waals surface area contributed by atoms with Gasteiger partial charge in [-0.25, -0.2) is 22.6 Å². The van der Waals surface area contributed by atoms with Gasteiger partial charge in [-0.15, -0.1) is 23.1 Å². The standard InChI is InChI=1S/C12H10BrNOS3.C12H17NO4S.CH4O/c1-16-12-11(6-9(7-14)17-12)18(15)10-4-2-3-8(13)5-10;1-4-12(2,3)17-11(14)9-6-5-7-10(8-9)18(13,15)16;1-2/h2-7,14H,1H3;5-8H,4H2,1-3H3,(H2,13,15,16);2H,1H3. The number of aliphatic hydroxyl groups excluding tert-OH is 1. The molecule has 0 aliphatic heterocycles. The largest absolute Gasteiger partial charge is 0.456 e. The average molecular weight is 664 g/mol. The minimum Gasteiger partial charge on any atom is -0.456 e. The molecule has 38 heavy (non-hydrogen) atoms. The maximum absolute atomic E-state index is 12.5. The van der Waals surface area contributed by atoms with Gasteiger partial charge in [0.05, 0.1) is 30.4 Å². The van der Waals surface area contributed by atoms with Gasteiger partial charge >= 0.3 is 5.97 Å². The van der Waals surface area contributed by atoms with Gasteiger partial charge in [0.1, 0.15) is 5.60 Å². The van der Waals surface area contributed by atoms with Gasteiger partial charge in [0, 0.05) is 27.6 Å². The molecule has 3 aromatic rings. The van der Waals surface area contributed by atoms with Crippen molar-refractivity contribution in [3.05, 3.63) is 69.5 Å². The number of thiophene rings is 1. The molecule has 2 aromatic carbocycles. The number of hydrogen-bond acceptors (Lipinski definition) is 9. The highest BCUT2D eigenvalue weighted by Crippen LogP contribution is 2.34. The van der Waals surface area contributed by atoms with Crippen molar-refractivity contribution in [2.45, 2.75) is 51.7 Å². The number of sulfonamides is 1. The summed E-state index contributed by atoms with van der Waals surface area (Å²) < 4.78 is 42.1. The van der Waals surface area contributed by atoms with Gasteiger partial charge < -0.3 is 15.3 Å². The van der Waals surface area contributed by atoms with Gasteiger partial charge in [-0.05, 0) is 69.0 Å². The van der Waals surface area contributed by atoms with Crippen molar-refractivity contribution in [3.8, 4) is 0 Å². The number of benzene rings is 2. The number of aliphatic hydroxyl groups is 1. The molecule has 1 unspecified atom stereocenters. The average Bonchev–Trinajstić information content (AvgIpc) is 3.33. The second-order valence-corrected chi connectivity index (χ2v) is 14.0. The molecule has 8 nitrogen and oxygen atoms in total. The minimum absolute atomic E-state index is 0.105. The van der Waals surface area contributed by atoms with Crippen LogP contribution in [0.1, 0.15) is 42.4 Å². The normalized spacial score (nSPS) is 11.8. The van der Waals surface area contributed by atoms with Crippen molar-refractivity contribution in [3.63, 3.8) is 0 Å². The molecule has 208 valence electrons. The third kappa shape index (κ3) is 10.4. The lowest BCUT2D eigenvalue weighted by molar-refractivity contribution is -0.00246. The smallest absolute Gasteiger partial charge is 0.338 e. The van der Waals surface area contributed by atoms with Crippen molar-refractivity contribution < 1.29 is 27.3 Å². The predicted molar refractivity (Wildman–Crippen MR) is 159 cm³/mol. The van der Waals surface area contributed by atoms with Crippen LogP contribution in [-0.2, 0) is 25.6 Å². The van der Waals surface area contributed by atoms with Crippen molar-refractivity contribution in [2.24, 2.45) is 5.14 Å². The Hall–Kier alpha value is -1.87. The van der Waals surface area contributed by atoms with Crippen molar-refractivity contribution >= 4 is 72.0 Å². The van der Waals surface area contributed by atoms with Gasteiger partial charge in [0.2, 0.25) is 10.0 Å². The van der Waals surface area contributed by atoms with E-state index in [-0.39, 0.29) is 10.5 Å². The lowest BCUT2D eigenvalue weighted by Gasteiger charge is -2.23. The Kier molecular flexibility index (Phi) is 14.1. The van der Waals surface area contributed by atoms with E-state index in [2.05, 4.69) is 15.9 Å². The topological polar surface area (TPSA) is 148 Å². The predicted octanol–water partition coefficient (Wildman–Crippen LogP) is 5.68. The number of carbonyl (C=O) groups is 1. The first-order chi connectivity index (χ1) is 17.8. The molecule has 0 bridgehead atoms. The molecule has 0 aliphatic carbocycles. The molecule has 0 saturated heterocycles. The number of nitrogens with one attached hydrogen (secondary N) is 1. The van der Waals surface area contributed by atoms with Crippen LogP contribution in [0, 0.1) is 5.41 Å². The van der Waals surface area contributed by atoms with Crippen LogP contribution >= 0.6 is 39.0 Å². The van der Waals surface area contributed by atoms with Crippen LogP contribution in [-0.4, -0.2) is 48.9 Å². The third-order valence-corrected chi connectivity index (χ3v) is 10.1. The molecule has 1 atom stereocenters. The fraction of sp³-hybridized carbons (Fsp3) is 0.280. The quantitative estimate of drug-likeness (QED) is 0.160. The Morgan fingerprint density at radius 2 is 1.84 bits per heavy atom. The molecule has 13 heteroatoms. The van der Waals surface area contributed by atoms with Crippen molar-refractivity contribution in [1.82, 2.24) is 0 Å². The van der Waals surface area contributed by atoms with E-state index < -0.39 is 32.4 Å². The van der Waals surface area contributed by atoms with E-state index in [1.54, 1.807) is 25.6 Å². The highest BCUT2D eigenvalue weighted by Gasteiger charge is 2.22. The van der Waals surface area contributed by atoms with Crippen LogP contribution in [0.2, 0.25) is 0 Å². The Morgan fingerprint density at radius 3 is 2.37 bits per heavy atom. The summed E-state index contributed by atoms with van der Waals surface area (Å²) >= 11 is 6.46. The molecule has 0 radical (unpaired) electrons. The number of esters is 1. The molecule has 0 amide bonds. The summed E-state index contributed by atoms with van der Waals surface area (Å²) in [5.74, 6) is -0.563. The molecule has 4 N–H and O–H groups in total. The number of nitrogens with two attached hydrogens (primary N) is 1. The Morgan fingerprint density at radius 1 is 1.21 bits per heavy atom. The number of ether oxygens (including phenoxy) is 1. The van der Waals surface area contributed by atoms with Crippen LogP contribution in [0.3, 0.4) is 0 Å². The van der Waals surface area contributed by atoms with Crippen molar-refractivity contribution in [2.75, 3.05) is 13.4 Å². The zero-order chi connectivity index (χ0) is 29.1. The van der Waals surface area contributed by atoms with Gasteiger partial charge in [-0.2, -0.15) is 0 Å². The summed E-state index contributed by atoms with van der Waals surface area (Å²) in [7, 11) is -4.01. The minimum atomic E-state index is -3.82.